The van der Waals surface area contributed by atoms with Crippen molar-refractivity contribution in [2.45, 2.75) is 18.9 Å². The number of fused-ring (bicyclic) bond motifs is 1. The highest BCUT2D eigenvalue weighted by Gasteiger charge is 2.51. The van der Waals surface area contributed by atoms with Gasteiger partial charge in [0.1, 0.15) is 5.71 Å². The molecule has 22 heavy (non-hydrogen) atoms. The van der Waals surface area contributed by atoms with Crippen LogP contribution < -0.4 is 10.1 Å². The third-order valence-electron chi connectivity index (χ3n) is 3.44. The van der Waals surface area contributed by atoms with Crippen molar-refractivity contribution >= 4 is 28.9 Å². The summed E-state index contributed by atoms with van der Waals surface area (Å²) in [7, 11) is 0. The van der Waals surface area contributed by atoms with E-state index < -0.39 is 11.0 Å². The molecule has 0 spiro atoms. The van der Waals surface area contributed by atoms with E-state index in [1.165, 1.54) is 0 Å². The van der Waals surface area contributed by atoms with Gasteiger partial charge in [-0.15, -0.1) is 0 Å². The molecule has 1 amide bonds. The summed E-state index contributed by atoms with van der Waals surface area (Å²) in [6.45, 7) is 3.65. The zero-order valence-corrected chi connectivity index (χ0v) is 12.9. The molecule has 1 unspecified atom stereocenters. The average Bonchev–Trinajstić information content (AvgIpc) is 2.72. The molecule has 0 bridgehead atoms. The Morgan fingerprint density at radius 1 is 1.32 bits per heavy atom. The smallest absolute Gasteiger partial charge is 0.305 e. The topological polar surface area (TPSA) is 75.1 Å². The van der Waals surface area contributed by atoms with Gasteiger partial charge in [-0.2, -0.15) is 0 Å². The first kappa shape index (κ1) is 14.5. The van der Waals surface area contributed by atoms with E-state index in [2.05, 4.69) is 10.3 Å². The van der Waals surface area contributed by atoms with E-state index in [-0.39, 0.29) is 11.6 Å². The normalized spacial score (nSPS) is 19.5. The highest BCUT2D eigenvalue weighted by Crippen LogP contribution is 2.39. The van der Waals surface area contributed by atoms with Gasteiger partial charge < -0.3 is 10.1 Å². The minimum Gasteiger partial charge on any atom is -0.439 e. The van der Waals surface area contributed by atoms with Gasteiger partial charge in [-0.3, -0.25) is 10.2 Å². The van der Waals surface area contributed by atoms with Crippen LogP contribution in [0, 0.1) is 19.3 Å². The van der Waals surface area contributed by atoms with E-state index in [0.717, 1.165) is 11.3 Å². The Hall–Kier alpha value is -2.40. The van der Waals surface area contributed by atoms with Crippen molar-refractivity contribution in [3.63, 3.8) is 0 Å². The number of halogens is 1. The Labute approximate surface area is 132 Å². The fraction of sp³-hybridized carbons (Fsp3) is 0.188. The van der Waals surface area contributed by atoms with Crippen molar-refractivity contribution in [2.24, 2.45) is 0 Å². The van der Waals surface area contributed by atoms with E-state index in [0.29, 0.717) is 11.3 Å². The standard InChI is InChI=1S/C16H14ClN3O2/c1-9-8-10(2)19-14-12(9)13(18)16(17,22-14)15(21)20-11-6-4-3-5-7-11/h3-8,18H,1-2H3,(H,20,21). The van der Waals surface area contributed by atoms with Gasteiger partial charge in [0.15, 0.2) is 0 Å². The molecule has 112 valence electrons. The summed E-state index contributed by atoms with van der Waals surface area (Å²) in [5, 5.41) is 8.99. The molecule has 2 aromatic rings. The second-order valence-corrected chi connectivity index (χ2v) is 5.69. The minimum absolute atomic E-state index is 0.0948. The lowest BCUT2D eigenvalue weighted by molar-refractivity contribution is -0.121. The molecule has 1 aliphatic heterocycles. The number of aryl methyl sites for hydroxylation is 2. The monoisotopic (exact) mass is 315 g/mol. The molecule has 0 saturated carbocycles. The Balaban J connectivity index is 1.93. The van der Waals surface area contributed by atoms with Crippen LogP contribution in [0.4, 0.5) is 5.69 Å². The summed E-state index contributed by atoms with van der Waals surface area (Å²) in [5.41, 5.74) is 2.52. The number of hydrogen-bond acceptors (Lipinski definition) is 4. The number of carbonyl (C=O) groups is 1. The summed E-state index contributed by atoms with van der Waals surface area (Å²) in [6, 6.07) is 10.7. The third kappa shape index (κ3) is 2.23. The molecule has 1 aromatic heterocycles. The number of carbonyl (C=O) groups excluding carboxylic acids is 1. The fourth-order valence-corrected chi connectivity index (χ4v) is 2.63. The molecule has 1 atom stereocenters. The first-order valence-corrected chi connectivity index (χ1v) is 7.11. The number of nitrogens with zero attached hydrogens (tertiary/aromatic N) is 1. The summed E-state index contributed by atoms with van der Waals surface area (Å²) >= 11 is 6.31. The Morgan fingerprint density at radius 3 is 2.68 bits per heavy atom. The predicted octanol–water partition coefficient (Wildman–Crippen LogP) is 3.03. The second-order valence-electron chi connectivity index (χ2n) is 5.15. The summed E-state index contributed by atoms with van der Waals surface area (Å²) in [4.78, 5) is 16.7. The molecule has 1 aliphatic rings. The van der Waals surface area contributed by atoms with Crippen LogP contribution in [0.15, 0.2) is 36.4 Å². The zero-order valence-electron chi connectivity index (χ0n) is 12.1. The fourth-order valence-electron chi connectivity index (χ4n) is 2.42. The third-order valence-corrected chi connectivity index (χ3v) is 3.88. The number of pyridine rings is 1. The van der Waals surface area contributed by atoms with Gasteiger partial charge in [-0.05, 0) is 37.6 Å². The van der Waals surface area contributed by atoms with Gasteiger partial charge in [0, 0.05) is 11.4 Å². The van der Waals surface area contributed by atoms with Crippen molar-refractivity contribution in [1.82, 2.24) is 4.98 Å². The largest absolute Gasteiger partial charge is 0.439 e. The van der Waals surface area contributed by atoms with Gasteiger partial charge in [0.25, 0.3) is 5.91 Å². The van der Waals surface area contributed by atoms with E-state index in [4.69, 9.17) is 21.7 Å². The SMILES string of the molecule is Cc1cc(C)c2c(n1)OC(Cl)(C(=O)Nc1ccccc1)C2=N. The number of nitrogens with one attached hydrogen (secondary N) is 2. The highest BCUT2D eigenvalue weighted by molar-refractivity contribution is 6.50. The quantitative estimate of drug-likeness (QED) is 0.836. The average molecular weight is 316 g/mol. The summed E-state index contributed by atoms with van der Waals surface area (Å²) in [5.74, 6) is -0.388. The summed E-state index contributed by atoms with van der Waals surface area (Å²) < 4.78 is 5.52. The molecule has 0 saturated heterocycles. The Kier molecular flexibility index (Phi) is 3.37. The Bertz CT molecular complexity index is 776. The number of alkyl halides is 1. The van der Waals surface area contributed by atoms with Gasteiger partial charge in [-0.25, -0.2) is 4.98 Å². The second kappa shape index (κ2) is 5.10. The van der Waals surface area contributed by atoms with Crippen molar-refractivity contribution in [3.8, 4) is 5.88 Å². The zero-order chi connectivity index (χ0) is 15.9. The van der Waals surface area contributed by atoms with Crippen molar-refractivity contribution in [3.05, 3.63) is 53.2 Å². The highest BCUT2D eigenvalue weighted by atomic mass is 35.5. The molecular weight excluding hydrogens is 302 g/mol. The molecule has 3 rings (SSSR count). The van der Waals surface area contributed by atoms with Crippen molar-refractivity contribution in [2.75, 3.05) is 5.32 Å². The molecule has 5 nitrogen and oxygen atoms in total. The van der Waals surface area contributed by atoms with Crippen LogP contribution in [0.2, 0.25) is 0 Å². The van der Waals surface area contributed by atoms with Crippen LogP contribution in [-0.4, -0.2) is 21.7 Å². The van der Waals surface area contributed by atoms with E-state index in [1.54, 1.807) is 24.3 Å². The molecular formula is C16H14ClN3O2. The maximum atomic E-state index is 12.5. The lowest BCUT2D eigenvalue weighted by Crippen LogP contribution is -2.46. The van der Waals surface area contributed by atoms with E-state index in [9.17, 15) is 4.79 Å². The van der Waals surface area contributed by atoms with Gasteiger partial charge in [0.2, 0.25) is 5.88 Å². The molecule has 2 N–H and O–H groups in total. The van der Waals surface area contributed by atoms with Crippen molar-refractivity contribution in [1.29, 1.82) is 5.41 Å². The van der Waals surface area contributed by atoms with Crippen LogP contribution in [0.25, 0.3) is 0 Å². The van der Waals surface area contributed by atoms with Crippen LogP contribution in [0.1, 0.15) is 16.8 Å². The van der Waals surface area contributed by atoms with E-state index in [1.807, 2.05) is 26.0 Å². The molecule has 1 aromatic carbocycles. The number of hydrogen-bond donors (Lipinski definition) is 2. The van der Waals surface area contributed by atoms with Gasteiger partial charge >= 0.3 is 5.06 Å². The number of amides is 1. The maximum Gasteiger partial charge on any atom is 0.305 e. The van der Waals surface area contributed by atoms with Crippen LogP contribution >= 0.6 is 11.6 Å². The first-order valence-electron chi connectivity index (χ1n) is 6.74. The van der Waals surface area contributed by atoms with Gasteiger partial charge in [-0.1, -0.05) is 29.8 Å². The molecule has 0 radical (unpaired) electrons. The minimum atomic E-state index is -1.90. The number of aromatic nitrogens is 1. The van der Waals surface area contributed by atoms with E-state index >= 15 is 0 Å². The van der Waals surface area contributed by atoms with Crippen LogP contribution in [0.5, 0.6) is 5.88 Å². The first-order chi connectivity index (χ1) is 10.4. The molecule has 6 heteroatoms. The maximum absolute atomic E-state index is 12.5. The number of para-hydroxylation sites is 1. The molecule has 2 heterocycles. The summed E-state index contributed by atoms with van der Waals surface area (Å²) in [6.07, 6.45) is 0. The Morgan fingerprint density at radius 2 is 2.00 bits per heavy atom. The number of benzene rings is 1. The van der Waals surface area contributed by atoms with Gasteiger partial charge in [0.05, 0.1) is 5.56 Å². The number of rotatable bonds is 2. The number of ether oxygens (including phenoxy) is 1. The molecule has 0 fully saturated rings. The van der Waals surface area contributed by atoms with Crippen LogP contribution in [-0.2, 0) is 4.79 Å². The molecule has 0 aliphatic carbocycles. The lowest BCUT2D eigenvalue weighted by atomic mass is 10.0. The van der Waals surface area contributed by atoms with Crippen molar-refractivity contribution < 1.29 is 9.53 Å². The van der Waals surface area contributed by atoms with Crippen LogP contribution in [0.3, 0.4) is 0 Å². The predicted molar refractivity (Wildman–Crippen MR) is 84.8 cm³/mol. The lowest BCUT2D eigenvalue weighted by Gasteiger charge is -2.19. The number of anilines is 1.